The summed E-state index contributed by atoms with van der Waals surface area (Å²) in [7, 11) is 0. The smallest absolute Gasteiger partial charge is 0.306 e. The third kappa shape index (κ3) is 47.6. The highest BCUT2D eigenvalue weighted by molar-refractivity contribution is 5.71. The first kappa shape index (κ1) is 58.5. The van der Waals surface area contributed by atoms with E-state index in [9.17, 15) is 14.4 Å². The first-order valence-electron chi connectivity index (χ1n) is 24.0. The predicted molar refractivity (Wildman–Crippen MR) is 274 cm³/mol. The van der Waals surface area contributed by atoms with Gasteiger partial charge in [0.15, 0.2) is 6.10 Å². The van der Waals surface area contributed by atoms with Crippen LogP contribution in [0.4, 0.5) is 0 Å². The highest BCUT2D eigenvalue weighted by atomic mass is 16.6. The van der Waals surface area contributed by atoms with Crippen LogP contribution in [0.25, 0.3) is 0 Å². The largest absolute Gasteiger partial charge is 0.462 e. The van der Waals surface area contributed by atoms with Gasteiger partial charge in [-0.25, -0.2) is 0 Å². The number of unbranched alkanes of at least 4 members (excludes halogenated alkanes) is 8. The average molecular weight is 875 g/mol. The summed E-state index contributed by atoms with van der Waals surface area (Å²) in [6.45, 7) is 6.06. The Bertz CT molecular complexity index is 1610. The third-order valence-corrected chi connectivity index (χ3v) is 8.96. The van der Waals surface area contributed by atoms with Crippen LogP contribution in [0, 0.1) is 0 Å². The van der Waals surface area contributed by atoms with Crippen LogP contribution in [-0.2, 0) is 28.6 Å². The van der Waals surface area contributed by atoms with Crippen molar-refractivity contribution in [1.82, 2.24) is 0 Å². The lowest BCUT2D eigenvalue weighted by Crippen LogP contribution is -2.30. The summed E-state index contributed by atoms with van der Waals surface area (Å²) in [5.74, 6) is -1.11. The van der Waals surface area contributed by atoms with Gasteiger partial charge in [0.05, 0.1) is 0 Å². The zero-order valence-corrected chi connectivity index (χ0v) is 39.7. The molecule has 0 aromatic rings. The fourth-order valence-electron chi connectivity index (χ4n) is 5.47. The van der Waals surface area contributed by atoms with Gasteiger partial charge in [0.2, 0.25) is 0 Å². The Morgan fingerprint density at radius 3 is 1.12 bits per heavy atom. The van der Waals surface area contributed by atoms with Crippen molar-refractivity contribution in [3.63, 3.8) is 0 Å². The number of esters is 3. The highest BCUT2D eigenvalue weighted by Gasteiger charge is 2.19. The van der Waals surface area contributed by atoms with Gasteiger partial charge in [-0.3, -0.25) is 14.4 Å². The Morgan fingerprint density at radius 2 is 0.656 bits per heavy atom. The van der Waals surface area contributed by atoms with E-state index in [0.29, 0.717) is 19.3 Å². The number of carbonyl (C=O) groups is 3. The fourth-order valence-corrected chi connectivity index (χ4v) is 5.47. The van der Waals surface area contributed by atoms with Gasteiger partial charge in [-0.15, -0.1) is 0 Å². The molecule has 350 valence electrons. The Kier molecular flexibility index (Phi) is 45.9. The van der Waals surface area contributed by atoms with E-state index >= 15 is 0 Å². The summed E-state index contributed by atoms with van der Waals surface area (Å²) in [5, 5.41) is 0. The molecule has 0 rings (SSSR count). The maximum atomic E-state index is 12.8. The minimum atomic E-state index is -0.848. The molecule has 0 saturated carbocycles. The first-order valence-corrected chi connectivity index (χ1v) is 24.0. The van der Waals surface area contributed by atoms with Crippen molar-refractivity contribution in [2.45, 2.75) is 149 Å². The van der Waals surface area contributed by atoms with Crippen LogP contribution in [0.2, 0.25) is 0 Å². The monoisotopic (exact) mass is 875 g/mol. The van der Waals surface area contributed by atoms with Crippen LogP contribution in [0.15, 0.2) is 182 Å². The van der Waals surface area contributed by atoms with Crippen LogP contribution in [-0.4, -0.2) is 37.2 Å². The molecular weight excluding hydrogens is 793 g/mol. The van der Waals surface area contributed by atoms with Gasteiger partial charge in [-0.05, 0) is 83.5 Å². The molecule has 0 aliphatic rings. The molecule has 0 amide bonds. The van der Waals surface area contributed by atoms with Gasteiger partial charge in [-0.2, -0.15) is 0 Å². The quantitative estimate of drug-likeness (QED) is 0.0201. The molecule has 1 unspecified atom stereocenters. The first-order chi connectivity index (χ1) is 31.5. The SMILES string of the molecule is CC\C=C/C=C\C=C/C=C\C=C/CCCC(=O)OCC(COC(=O)CCCCC\C=C/C=C\C=C\C=C/C=C\C=C/C=C\CC)OC(=O)CCCCCC/C=C\C/C=C\C/C=C\CC. The van der Waals surface area contributed by atoms with E-state index < -0.39 is 6.10 Å². The Morgan fingerprint density at radius 1 is 0.328 bits per heavy atom. The second-order valence-corrected chi connectivity index (χ2v) is 14.8. The minimum absolute atomic E-state index is 0.145. The molecule has 0 aliphatic carbocycles. The summed E-state index contributed by atoms with van der Waals surface area (Å²) < 4.78 is 16.6. The molecule has 0 N–H and O–H groups in total. The molecule has 6 heteroatoms. The van der Waals surface area contributed by atoms with Crippen LogP contribution in [0.3, 0.4) is 0 Å². The molecule has 0 spiro atoms. The zero-order chi connectivity index (χ0) is 46.5. The molecule has 0 saturated heterocycles. The number of allylic oxidation sites excluding steroid dienone is 30. The van der Waals surface area contributed by atoms with Crippen molar-refractivity contribution in [2.24, 2.45) is 0 Å². The molecular formula is C58H82O6. The van der Waals surface area contributed by atoms with Gasteiger partial charge >= 0.3 is 17.9 Å². The molecule has 1 atom stereocenters. The summed E-state index contributed by atoms with van der Waals surface area (Å²) in [6, 6.07) is 0. The van der Waals surface area contributed by atoms with Gasteiger partial charge in [0.1, 0.15) is 13.2 Å². The van der Waals surface area contributed by atoms with Crippen molar-refractivity contribution in [3.05, 3.63) is 182 Å². The van der Waals surface area contributed by atoms with Crippen LogP contribution in [0.5, 0.6) is 0 Å². The van der Waals surface area contributed by atoms with E-state index in [1.807, 2.05) is 128 Å². The summed E-state index contributed by atoms with van der Waals surface area (Å²) in [6.07, 6.45) is 75.9. The van der Waals surface area contributed by atoms with Crippen LogP contribution < -0.4 is 0 Å². The van der Waals surface area contributed by atoms with Crippen molar-refractivity contribution in [2.75, 3.05) is 13.2 Å². The van der Waals surface area contributed by atoms with Gasteiger partial charge in [0, 0.05) is 19.3 Å². The van der Waals surface area contributed by atoms with Gasteiger partial charge in [-0.1, -0.05) is 222 Å². The topological polar surface area (TPSA) is 78.9 Å². The van der Waals surface area contributed by atoms with Crippen LogP contribution >= 0.6 is 0 Å². The molecule has 6 nitrogen and oxygen atoms in total. The lowest BCUT2D eigenvalue weighted by molar-refractivity contribution is -0.167. The number of rotatable bonds is 39. The minimum Gasteiger partial charge on any atom is -0.462 e. The Labute approximate surface area is 389 Å². The lowest BCUT2D eigenvalue weighted by atomic mass is 10.1. The van der Waals surface area contributed by atoms with E-state index in [2.05, 4.69) is 75.5 Å². The van der Waals surface area contributed by atoms with E-state index in [4.69, 9.17) is 14.2 Å². The molecule has 0 bridgehead atoms. The normalized spacial score (nSPS) is 13.7. The molecule has 0 aliphatic heterocycles. The second kappa shape index (κ2) is 50.2. The van der Waals surface area contributed by atoms with E-state index in [0.717, 1.165) is 83.5 Å². The maximum Gasteiger partial charge on any atom is 0.306 e. The molecule has 0 aromatic carbocycles. The summed E-state index contributed by atoms with van der Waals surface area (Å²) in [4.78, 5) is 37.9. The van der Waals surface area contributed by atoms with Crippen molar-refractivity contribution in [1.29, 1.82) is 0 Å². The molecule has 0 radical (unpaired) electrons. The van der Waals surface area contributed by atoms with Crippen molar-refractivity contribution >= 4 is 17.9 Å². The molecule has 0 aromatic heterocycles. The maximum absolute atomic E-state index is 12.8. The van der Waals surface area contributed by atoms with Crippen molar-refractivity contribution in [3.8, 4) is 0 Å². The number of ether oxygens (including phenoxy) is 3. The van der Waals surface area contributed by atoms with Crippen LogP contribution in [0.1, 0.15) is 143 Å². The highest BCUT2D eigenvalue weighted by Crippen LogP contribution is 2.11. The standard InChI is InChI=1S/C58H82O6/c1-4-7-10-13-16-19-22-25-27-28-29-30-31-34-36-39-42-45-48-51-57(60)63-54-55(53-62-56(59)50-47-44-41-38-35-32-24-21-18-15-12-9-6-3)64-58(61)52-49-46-43-40-37-33-26-23-20-17-14-11-8-5-2/h7-13,15-22,24-36,38,41,55H,4-6,14,23,37,39-40,42-54H2,1-3H3/b10-7-,11-8-,12-9-,16-13-,18-15-,20-17-,22-19-,24-21-,27-25-,29-28+,31-30-,33-26-,35-32-,36-34-,41-38-. The third-order valence-electron chi connectivity index (χ3n) is 8.96. The van der Waals surface area contributed by atoms with Crippen molar-refractivity contribution < 1.29 is 28.6 Å². The van der Waals surface area contributed by atoms with E-state index in [1.54, 1.807) is 0 Å². The molecule has 64 heavy (non-hydrogen) atoms. The summed E-state index contributed by atoms with van der Waals surface area (Å²) >= 11 is 0. The Balaban J connectivity index is 4.67. The van der Waals surface area contributed by atoms with Gasteiger partial charge in [0.25, 0.3) is 0 Å². The number of hydrogen-bond donors (Lipinski definition) is 0. The number of carbonyl (C=O) groups excluding carboxylic acids is 3. The summed E-state index contributed by atoms with van der Waals surface area (Å²) in [5.41, 5.74) is 0. The number of hydrogen-bond acceptors (Lipinski definition) is 6. The second-order valence-electron chi connectivity index (χ2n) is 14.8. The average Bonchev–Trinajstić information content (AvgIpc) is 3.29. The van der Waals surface area contributed by atoms with Gasteiger partial charge < -0.3 is 14.2 Å². The molecule has 0 fully saturated rings. The fraction of sp³-hybridized carbons (Fsp3) is 0.431. The van der Waals surface area contributed by atoms with E-state index in [-0.39, 0.29) is 50.4 Å². The predicted octanol–water partition coefficient (Wildman–Crippen LogP) is 15.8. The lowest BCUT2D eigenvalue weighted by Gasteiger charge is -2.18. The Hall–Kier alpha value is -5.49. The van der Waals surface area contributed by atoms with E-state index in [1.165, 1.54) is 0 Å². The molecule has 0 heterocycles. The zero-order valence-electron chi connectivity index (χ0n) is 39.7.